The molecule has 1 N–H and O–H groups in total. The molecule has 8 heteroatoms. The zero-order chi connectivity index (χ0) is 17.5. The molecule has 1 amide bonds. The molecule has 0 bridgehead atoms. The number of nitrogens with zero attached hydrogens (tertiary/aromatic N) is 2. The molecule has 2 aromatic rings. The van der Waals surface area contributed by atoms with E-state index in [0.29, 0.717) is 22.6 Å². The van der Waals surface area contributed by atoms with Gasteiger partial charge in [-0.3, -0.25) is 10.1 Å². The Morgan fingerprint density at radius 1 is 1.25 bits per heavy atom. The van der Waals surface area contributed by atoms with Crippen LogP contribution in [0.3, 0.4) is 0 Å². The monoisotopic (exact) mass is 367 g/mol. The predicted octanol–water partition coefficient (Wildman–Crippen LogP) is 3.84. The van der Waals surface area contributed by atoms with E-state index in [2.05, 4.69) is 29.4 Å². The maximum Gasteiger partial charge on any atom is 0.267 e. The van der Waals surface area contributed by atoms with Crippen LogP contribution in [0.1, 0.15) is 27.2 Å². The van der Waals surface area contributed by atoms with E-state index in [1.54, 1.807) is 43.1 Å². The van der Waals surface area contributed by atoms with E-state index in [-0.39, 0.29) is 5.91 Å². The molecule has 0 unspecified atom stereocenters. The Kier molecular flexibility index (Phi) is 6.86. The highest BCUT2D eigenvalue weighted by molar-refractivity contribution is 8.01. The standard InChI is InChI=1S/C16H21N3O3S2/c1-5-13(22-12-8-6-11(21-4)7-9-12)14(20)17-15-18-19-16(24-15)23-10(2)3/h6-10,13H,5H2,1-4H3,(H,17,18,20)/t13-/m1/s1. The van der Waals surface area contributed by atoms with Crippen LogP contribution in [0.25, 0.3) is 0 Å². The molecule has 1 aromatic heterocycles. The molecule has 6 nitrogen and oxygen atoms in total. The average Bonchev–Trinajstić information content (AvgIpc) is 2.99. The van der Waals surface area contributed by atoms with Gasteiger partial charge in [0.25, 0.3) is 5.91 Å². The molecule has 0 fully saturated rings. The van der Waals surface area contributed by atoms with Gasteiger partial charge in [-0.1, -0.05) is 43.9 Å². The van der Waals surface area contributed by atoms with E-state index in [4.69, 9.17) is 9.47 Å². The lowest BCUT2D eigenvalue weighted by Crippen LogP contribution is -2.32. The van der Waals surface area contributed by atoms with Crippen LogP contribution in [0.5, 0.6) is 11.5 Å². The summed E-state index contributed by atoms with van der Waals surface area (Å²) in [6.07, 6.45) is -0.0481. The number of nitrogens with one attached hydrogen (secondary N) is 1. The maximum atomic E-state index is 12.4. The van der Waals surface area contributed by atoms with Crippen LogP contribution in [-0.4, -0.2) is 34.6 Å². The second kappa shape index (κ2) is 8.89. The highest BCUT2D eigenvalue weighted by Gasteiger charge is 2.20. The lowest BCUT2D eigenvalue weighted by atomic mass is 10.2. The first kappa shape index (κ1) is 18.5. The third kappa shape index (κ3) is 5.38. The molecule has 1 heterocycles. The van der Waals surface area contributed by atoms with Crippen LogP contribution >= 0.6 is 23.1 Å². The third-order valence-electron chi connectivity index (χ3n) is 2.97. The molecule has 0 aliphatic rings. The van der Waals surface area contributed by atoms with E-state index >= 15 is 0 Å². The van der Waals surface area contributed by atoms with Gasteiger partial charge < -0.3 is 9.47 Å². The van der Waals surface area contributed by atoms with Gasteiger partial charge in [0, 0.05) is 5.25 Å². The predicted molar refractivity (Wildman–Crippen MR) is 97.2 cm³/mol. The van der Waals surface area contributed by atoms with Gasteiger partial charge >= 0.3 is 0 Å². The fourth-order valence-electron chi connectivity index (χ4n) is 1.84. The molecule has 1 aromatic carbocycles. The molecule has 0 aliphatic heterocycles. The van der Waals surface area contributed by atoms with Crippen molar-refractivity contribution in [2.75, 3.05) is 12.4 Å². The molecule has 0 saturated heterocycles. The third-order valence-corrected chi connectivity index (χ3v) is 4.90. The Hall–Kier alpha value is -1.80. The number of hydrogen-bond acceptors (Lipinski definition) is 7. The van der Waals surface area contributed by atoms with Crippen molar-refractivity contribution in [2.45, 2.75) is 42.9 Å². The number of methoxy groups -OCH3 is 1. The normalized spacial score (nSPS) is 12.0. The summed E-state index contributed by atoms with van der Waals surface area (Å²) in [6, 6.07) is 7.13. The van der Waals surface area contributed by atoms with Crippen LogP contribution in [0.4, 0.5) is 5.13 Å². The van der Waals surface area contributed by atoms with E-state index < -0.39 is 6.10 Å². The van der Waals surface area contributed by atoms with Gasteiger partial charge in [0.1, 0.15) is 11.5 Å². The molecule has 1 atom stereocenters. The van der Waals surface area contributed by atoms with Crippen molar-refractivity contribution < 1.29 is 14.3 Å². The Morgan fingerprint density at radius 2 is 1.92 bits per heavy atom. The SMILES string of the molecule is CC[C@@H](Oc1ccc(OC)cc1)C(=O)Nc1nnc(SC(C)C)s1. The molecular formula is C16H21N3O3S2. The second-order valence-electron chi connectivity index (χ2n) is 5.22. The molecule has 24 heavy (non-hydrogen) atoms. The summed E-state index contributed by atoms with van der Waals surface area (Å²) in [5.74, 6) is 1.13. The summed E-state index contributed by atoms with van der Waals surface area (Å²) in [5.41, 5.74) is 0. The minimum atomic E-state index is -0.594. The van der Waals surface area contributed by atoms with Crippen molar-refractivity contribution in [2.24, 2.45) is 0 Å². The summed E-state index contributed by atoms with van der Waals surface area (Å²) in [4.78, 5) is 12.4. The zero-order valence-corrected chi connectivity index (χ0v) is 15.7. The molecule has 0 radical (unpaired) electrons. The fraction of sp³-hybridized carbons (Fsp3) is 0.438. The number of benzene rings is 1. The van der Waals surface area contributed by atoms with Gasteiger partial charge in [0.15, 0.2) is 10.4 Å². The fourth-order valence-corrected chi connectivity index (χ4v) is 3.81. The minimum Gasteiger partial charge on any atom is -0.497 e. The highest BCUT2D eigenvalue weighted by Crippen LogP contribution is 2.28. The second-order valence-corrected chi connectivity index (χ2v) is 8.02. The summed E-state index contributed by atoms with van der Waals surface area (Å²) in [7, 11) is 1.60. The first-order valence-electron chi connectivity index (χ1n) is 7.63. The summed E-state index contributed by atoms with van der Waals surface area (Å²) < 4.78 is 11.7. The number of thioether (sulfide) groups is 1. The highest BCUT2D eigenvalue weighted by atomic mass is 32.2. The zero-order valence-electron chi connectivity index (χ0n) is 14.1. The first-order valence-corrected chi connectivity index (χ1v) is 9.33. The van der Waals surface area contributed by atoms with Crippen molar-refractivity contribution >= 4 is 34.1 Å². The summed E-state index contributed by atoms with van der Waals surface area (Å²) >= 11 is 2.98. The van der Waals surface area contributed by atoms with E-state index in [1.807, 2.05) is 6.92 Å². The lowest BCUT2D eigenvalue weighted by molar-refractivity contribution is -0.122. The number of rotatable bonds is 8. The topological polar surface area (TPSA) is 73.3 Å². The number of anilines is 1. The van der Waals surface area contributed by atoms with Crippen LogP contribution in [0.15, 0.2) is 28.6 Å². The largest absolute Gasteiger partial charge is 0.497 e. The molecule has 0 aliphatic carbocycles. The van der Waals surface area contributed by atoms with E-state index in [1.165, 1.54) is 11.3 Å². The van der Waals surface area contributed by atoms with Crippen molar-refractivity contribution in [3.8, 4) is 11.5 Å². The molecule has 2 rings (SSSR count). The maximum absolute atomic E-state index is 12.4. The summed E-state index contributed by atoms with van der Waals surface area (Å²) in [6.45, 7) is 6.06. The van der Waals surface area contributed by atoms with Gasteiger partial charge in [-0.05, 0) is 30.7 Å². The minimum absolute atomic E-state index is 0.231. The quantitative estimate of drug-likeness (QED) is 0.564. The Morgan fingerprint density at radius 3 is 2.50 bits per heavy atom. The van der Waals surface area contributed by atoms with E-state index in [0.717, 1.165) is 10.1 Å². The number of ether oxygens (including phenoxy) is 2. The van der Waals surface area contributed by atoms with Gasteiger partial charge in [-0.2, -0.15) is 0 Å². The number of carbonyl (C=O) groups is 1. The van der Waals surface area contributed by atoms with Crippen LogP contribution in [0, 0.1) is 0 Å². The number of hydrogen-bond donors (Lipinski definition) is 1. The number of amides is 1. The van der Waals surface area contributed by atoms with Crippen LogP contribution in [-0.2, 0) is 4.79 Å². The Balaban J connectivity index is 1.96. The lowest BCUT2D eigenvalue weighted by Gasteiger charge is -2.16. The smallest absolute Gasteiger partial charge is 0.267 e. The molecule has 0 saturated carbocycles. The average molecular weight is 367 g/mol. The van der Waals surface area contributed by atoms with Gasteiger partial charge in [-0.15, -0.1) is 10.2 Å². The van der Waals surface area contributed by atoms with Crippen molar-refractivity contribution in [1.82, 2.24) is 10.2 Å². The number of carbonyl (C=O) groups excluding carboxylic acids is 1. The van der Waals surface area contributed by atoms with Crippen molar-refractivity contribution in [3.63, 3.8) is 0 Å². The molecule has 0 spiro atoms. The van der Waals surface area contributed by atoms with Crippen molar-refractivity contribution in [1.29, 1.82) is 0 Å². The van der Waals surface area contributed by atoms with Crippen LogP contribution < -0.4 is 14.8 Å². The van der Waals surface area contributed by atoms with E-state index in [9.17, 15) is 4.79 Å². The van der Waals surface area contributed by atoms with Gasteiger partial charge in [0.2, 0.25) is 5.13 Å². The summed E-state index contributed by atoms with van der Waals surface area (Å²) in [5, 5.41) is 11.7. The molecular weight excluding hydrogens is 346 g/mol. The Labute approximate surface area is 150 Å². The molecule has 130 valence electrons. The Bertz CT molecular complexity index is 659. The number of aromatic nitrogens is 2. The van der Waals surface area contributed by atoms with Gasteiger partial charge in [0.05, 0.1) is 7.11 Å². The van der Waals surface area contributed by atoms with Crippen LogP contribution in [0.2, 0.25) is 0 Å². The van der Waals surface area contributed by atoms with Crippen molar-refractivity contribution in [3.05, 3.63) is 24.3 Å². The van der Waals surface area contributed by atoms with Gasteiger partial charge in [-0.25, -0.2) is 0 Å². The first-order chi connectivity index (χ1) is 11.5.